The molecule has 0 N–H and O–H groups in total. The number of nitrogens with zero attached hydrogens (tertiary/aromatic N) is 1. The number of hydrogen-bond donors (Lipinski definition) is 0. The monoisotopic (exact) mass is 235 g/mol. The SMILES string of the molecule is COC(=O)C(C)CN(C)C(C)c1ccccc1. The van der Waals surface area contributed by atoms with E-state index in [1.807, 2.05) is 32.2 Å². The van der Waals surface area contributed by atoms with E-state index in [4.69, 9.17) is 4.74 Å². The highest BCUT2D eigenvalue weighted by molar-refractivity contribution is 5.72. The minimum atomic E-state index is -0.155. The van der Waals surface area contributed by atoms with Gasteiger partial charge in [-0.05, 0) is 19.5 Å². The summed E-state index contributed by atoms with van der Waals surface area (Å²) in [6.45, 7) is 4.72. The second-order valence-electron chi connectivity index (χ2n) is 4.45. The number of methoxy groups -OCH3 is 1. The van der Waals surface area contributed by atoms with Crippen molar-refractivity contribution in [3.63, 3.8) is 0 Å². The van der Waals surface area contributed by atoms with Gasteiger partial charge in [0.25, 0.3) is 0 Å². The largest absolute Gasteiger partial charge is 0.469 e. The van der Waals surface area contributed by atoms with Gasteiger partial charge < -0.3 is 4.74 Å². The Balaban J connectivity index is 2.59. The van der Waals surface area contributed by atoms with Gasteiger partial charge in [0, 0.05) is 12.6 Å². The molecule has 0 radical (unpaired) electrons. The molecule has 0 saturated heterocycles. The van der Waals surface area contributed by atoms with Crippen molar-refractivity contribution in [3.8, 4) is 0 Å². The third-order valence-electron chi connectivity index (χ3n) is 3.11. The lowest BCUT2D eigenvalue weighted by molar-refractivity contribution is -0.145. The Morgan fingerprint density at radius 3 is 2.41 bits per heavy atom. The molecule has 0 bridgehead atoms. The lowest BCUT2D eigenvalue weighted by Crippen LogP contribution is -2.31. The average Bonchev–Trinajstić information content (AvgIpc) is 2.37. The molecule has 1 rings (SSSR count). The zero-order valence-corrected chi connectivity index (χ0v) is 11.0. The van der Waals surface area contributed by atoms with E-state index in [0.717, 1.165) is 0 Å². The highest BCUT2D eigenvalue weighted by Crippen LogP contribution is 2.19. The number of hydrogen-bond acceptors (Lipinski definition) is 3. The minimum absolute atomic E-state index is 0.101. The van der Waals surface area contributed by atoms with Gasteiger partial charge in [-0.15, -0.1) is 0 Å². The van der Waals surface area contributed by atoms with Crippen LogP contribution in [-0.2, 0) is 9.53 Å². The Labute approximate surface area is 103 Å². The topological polar surface area (TPSA) is 29.5 Å². The van der Waals surface area contributed by atoms with Crippen LogP contribution in [0.3, 0.4) is 0 Å². The lowest BCUT2D eigenvalue weighted by atomic mass is 10.1. The zero-order chi connectivity index (χ0) is 12.8. The summed E-state index contributed by atoms with van der Waals surface area (Å²) < 4.78 is 4.73. The molecule has 3 heteroatoms. The molecule has 1 aromatic carbocycles. The normalized spacial score (nSPS) is 14.4. The predicted octanol–water partition coefficient (Wildman–Crippen LogP) is 2.49. The van der Waals surface area contributed by atoms with Gasteiger partial charge in [0.15, 0.2) is 0 Å². The quantitative estimate of drug-likeness (QED) is 0.734. The number of esters is 1. The number of ether oxygens (including phenoxy) is 1. The molecule has 0 aliphatic carbocycles. The van der Waals surface area contributed by atoms with Crippen LogP contribution in [0.25, 0.3) is 0 Å². The molecule has 0 aliphatic heterocycles. The Morgan fingerprint density at radius 2 is 1.88 bits per heavy atom. The van der Waals surface area contributed by atoms with Gasteiger partial charge in [-0.1, -0.05) is 37.3 Å². The first-order valence-electron chi connectivity index (χ1n) is 5.89. The fourth-order valence-electron chi connectivity index (χ4n) is 1.85. The van der Waals surface area contributed by atoms with Crippen molar-refractivity contribution in [1.29, 1.82) is 0 Å². The molecule has 3 nitrogen and oxygen atoms in total. The molecule has 0 fully saturated rings. The second kappa shape index (κ2) is 6.40. The average molecular weight is 235 g/mol. The highest BCUT2D eigenvalue weighted by atomic mass is 16.5. The van der Waals surface area contributed by atoms with Gasteiger partial charge in [0.05, 0.1) is 13.0 Å². The molecule has 17 heavy (non-hydrogen) atoms. The van der Waals surface area contributed by atoms with Gasteiger partial charge >= 0.3 is 5.97 Å². The van der Waals surface area contributed by atoms with E-state index in [9.17, 15) is 4.79 Å². The molecule has 1 aromatic rings. The first kappa shape index (κ1) is 13.7. The Hall–Kier alpha value is -1.35. The molecule has 2 unspecified atom stereocenters. The predicted molar refractivity (Wildman–Crippen MR) is 68.7 cm³/mol. The van der Waals surface area contributed by atoms with Crippen LogP contribution in [0.15, 0.2) is 30.3 Å². The van der Waals surface area contributed by atoms with Crippen molar-refractivity contribution in [1.82, 2.24) is 4.90 Å². The van der Waals surface area contributed by atoms with Crippen molar-refractivity contribution in [2.75, 3.05) is 20.7 Å². The smallest absolute Gasteiger partial charge is 0.309 e. The first-order valence-corrected chi connectivity index (χ1v) is 5.89. The van der Waals surface area contributed by atoms with Crippen LogP contribution in [0.1, 0.15) is 25.5 Å². The molecule has 0 saturated carbocycles. The Bertz CT molecular complexity index is 350. The molecule has 94 valence electrons. The summed E-state index contributed by atoms with van der Waals surface area (Å²) in [5.41, 5.74) is 1.26. The second-order valence-corrected chi connectivity index (χ2v) is 4.45. The van der Waals surface area contributed by atoms with E-state index >= 15 is 0 Å². The Morgan fingerprint density at radius 1 is 1.29 bits per heavy atom. The van der Waals surface area contributed by atoms with Crippen molar-refractivity contribution in [3.05, 3.63) is 35.9 Å². The van der Waals surface area contributed by atoms with Crippen molar-refractivity contribution in [2.24, 2.45) is 5.92 Å². The van der Waals surface area contributed by atoms with Crippen LogP contribution in [0.2, 0.25) is 0 Å². The maximum absolute atomic E-state index is 11.4. The first-order chi connectivity index (χ1) is 8.06. The van der Waals surface area contributed by atoms with E-state index in [2.05, 4.69) is 24.0 Å². The van der Waals surface area contributed by atoms with Gasteiger partial charge in [-0.25, -0.2) is 0 Å². The third-order valence-corrected chi connectivity index (χ3v) is 3.11. The third kappa shape index (κ3) is 3.86. The standard InChI is InChI=1S/C14H21NO2/c1-11(14(16)17-4)10-15(3)12(2)13-8-6-5-7-9-13/h5-9,11-12H,10H2,1-4H3. The number of benzene rings is 1. The fraction of sp³-hybridized carbons (Fsp3) is 0.500. The molecule has 0 aliphatic rings. The molecule has 2 atom stereocenters. The van der Waals surface area contributed by atoms with Crippen LogP contribution >= 0.6 is 0 Å². The molecular formula is C14H21NO2. The number of rotatable bonds is 5. The molecular weight excluding hydrogens is 214 g/mol. The summed E-state index contributed by atoms with van der Waals surface area (Å²) in [6, 6.07) is 10.6. The lowest BCUT2D eigenvalue weighted by Gasteiger charge is -2.27. The van der Waals surface area contributed by atoms with E-state index in [-0.39, 0.29) is 11.9 Å². The Kier molecular flexibility index (Phi) is 5.16. The fourth-order valence-corrected chi connectivity index (χ4v) is 1.85. The molecule has 0 spiro atoms. The van der Waals surface area contributed by atoms with E-state index < -0.39 is 0 Å². The zero-order valence-electron chi connectivity index (χ0n) is 11.0. The van der Waals surface area contributed by atoms with Gasteiger partial charge in [0.2, 0.25) is 0 Å². The molecule has 0 aromatic heterocycles. The summed E-state index contributed by atoms with van der Waals surface area (Å²) in [5.74, 6) is -0.256. The van der Waals surface area contributed by atoms with Crippen LogP contribution < -0.4 is 0 Å². The van der Waals surface area contributed by atoms with Crippen LogP contribution in [0.4, 0.5) is 0 Å². The van der Waals surface area contributed by atoms with Crippen molar-refractivity contribution >= 4 is 5.97 Å². The van der Waals surface area contributed by atoms with Gasteiger partial charge in [-0.3, -0.25) is 9.69 Å². The number of carbonyl (C=O) groups excluding carboxylic acids is 1. The van der Waals surface area contributed by atoms with Gasteiger partial charge in [-0.2, -0.15) is 0 Å². The summed E-state index contributed by atoms with van der Waals surface area (Å²) in [6.07, 6.45) is 0. The maximum atomic E-state index is 11.4. The van der Waals surface area contributed by atoms with E-state index in [0.29, 0.717) is 12.6 Å². The summed E-state index contributed by atoms with van der Waals surface area (Å²) in [5, 5.41) is 0. The van der Waals surface area contributed by atoms with Crippen LogP contribution in [0.5, 0.6) is 0 Å². The highest BCUT2D eigenvalue weighted by Gasteiger charge is 2.19. The molecule has 0 amide bonds. The molecule has 0 heterocycles. The van der Waals surface area contributed by atoms with Gasteiger partial charge in [0.1, 0.15) is 0 Å². The summed E-state index contributed by atoms with van der Waals surface area (Å²) in [4.78, 5) is 13.5. The minimum Gasteiger partial charge on any atom is -0.469 e. The van der Waals surface area contributed by atoms with E-state index in [1.54, 1.807) is 0 Å². The van der Waals surface area contributed by atoms with E-state index in [1.165, 1.54) is 12.7 Å². The van der Waals surface area contributed by atoms with Crippen LogP contribution in [0, 0.1) is 5.92 Å². The summed E-state index contributed by atoms with van der Waals surface area (Å²) >= 11 is 0. The van der Waals surface area contributed by atoms with Crippen molar-refractivity contribution < 1.29 is 9.53 Å². The summed E-state index contributed by atoms with van der Waals surface area (Å²) in [7, 11) is 3.45. The number of carbonyl (C=O) groups is 1. The van der Waals surface area contributed by atoms with Crippen LogP contribution in [-0.4, -0.2) is 31.6 Å². The van der Waals surface area contributed by atoms with Crippen molar-refractivity contribution in [2.45, 2.75) is 19.9 Å². The maximum Gasteiger partial charge on any atom is 0.309 e.